The van der Waals surface area contributed by atoms with Gasteiger partial charge in [0.2, 0.25) is 0 Å². The SMILES string of the molecule is CC(C)(C)OC(=O)N[C@@H](Cc1ccc(I)cc1F)C(=O)O. The van der Waals surface area contributed by atoms with E-state index in [-0.39, 0.29) is 12.0 Å². The van der Waals surface area contributed by atoms with E-state index in [1.54, 1.807) is 26.8 Å². The van der Waals surface area contributed by atoms with Gasteiger partial charge in [0.25, 0.3) is 0 Å². The molecule has 0 saturated heterocycles. The number of rotatable bonds is 4. The predicted octanol–water partition coefficient (Wildman–Crippen LogP) is 2.95. The zero-order valence-electron chi connectivity index (χ0n) is 11.9. The highest BCUT2D eigenvalue weighted by Crippen LogP contribution is 2.15. The van der Waals surface area contributed by atoms with Crippen LogP contribution in [0.3, 0.4) is 0 Å². The summed E-state index contributed by atoms with van der Waals surface area (Å²) in [6.45, 7) is 5.00. The molecule has 21 heavy (non-hydrogen) atoms. The van der Waals surface area contributed by atoms with Gasteiger partial charge >= 0.3 is 12.1 Å². The number of nitrogens with one attached hydrogen (secondary N) is 1. The van der Waals surface area contributed by atoms with E-state index in [2.05, 4.69) is 5.32 Å². The normalized spacial score (nSPS) is 12.6. The molecule has 1 aromatic carbocycles. The molecule has 0 aliphatic carbocycles. The Labute approximate surface area is 136 Å². The predicted molar refractivity (Wildman–Crippen MR) is 83.6 cm³/mol. The largest absolute Gasteiger partial charge is 0.480 e. The van der Waals surface area contributed by atoms with Gasteiger partial charge in [0.05, 0.1) is 0 Å². The number of alkyl carbamates (subject to hydrolysis) is 1. The van der Waals surface area contributed by atoms with E-state index in [4.69, 9.17) is 9.84 Å². The molecule has 0 radical (unpaired) electrons. The van der Waals surface area contributed by atoms with Crippen molar-refractivity contribution in [3.63, 3.8) is 0 Å². The fourth-order valence-corrected chi connectivity index (χ4v) is 2.01. The summed E-state index contributed by atoms with van der Waals surface area (Å²) in [6.07, 6.45) is -1.00. The number of halogens is 2. The van der Waals surface area contributed by atoms with Gasteiger partial charge in [-0.1, -0.05) is 6.07 Å². The minimum absolute atomic E-state index is 0.155. The molecule has 0 aliphatic heterocycles. The lowest BCUT2D eigenvalue weighted by molar-refractivity contribution is -0.139. The second-order valence-electron chi connectivity index (χ2n) is 5.48. The first kappa shape index (κ1) is 17.7. The zero-order chi connectivity index (χ0) is 16.2. The number of carbonyl (C=O) groups excluding carboxylic acids is 1. The summed E-state index contributed by atoms with van der Waals surface area (Å²) in [7, 11) is 0. The molecule has 0 bridgehead atoms. The molecule has 1 atom stereocenters. The van der Waals surface area contributed by atoms with E-state index in [0.717, 1.165) is 0 Å². The van der Waals surface area contributed by atoms with Gasteiger partial charge in [-0.25, -0.2) is 14.0 Å². The van der Waals surface area contributed by atoms with Gasteiger partial charge in [-0.05, 0) is 61.1 Å². The lowest BCUT2D eigenvalue weighted by atomic mass is 10.1. The van der Waals surface area contributed by atoms with Gasteiger partial charge in [-0.2, -0.15) is 0 Å². The molecular weight excluding hydrogens is 392 g/mol. The molecule has 7 heteroatoms. The Morgan fingerprint density at radius 2 is 2.05 bits per heavy atom. The Morgan fingerprint density at radius 3 is 2.52 bits per heavy atom. The van der Waals surface area contributed by atoms with Crippen LogP contribution in [0.4, 0.5) is 9.18 Å². The van der Waals surface area contributed by atoms with Gasteiger partial charge in [0.15, 0.2) is 0 Å². The molecule has 0 saturated carbocycles. The first-order valence-electron chi connectivity index (χ1n) is 6.25. The number of carbonyl (C=O) groups is 2. The number of carboxylic acid groups (broad SMARTS) is 1. The van der Waals surface area contributed by atoms with E-state index in [0.29, 0.717) is 3.57 Å². The van der Waals surface area contributed by atoms with Crippen LogP contribution in [-0.4, -0.2) is 28.8 Å². The average molecular weight is 409 g/mol. The van der Waals surface area contributed by atoms with Crippen molar-refractivity contribution >= 4 is 34.7 Å². The molecule has 1 amide bonds. The van der Waals surface area contributed by atoms with Gasteiger partial charge < -0.3 is 15.2 Å². The maximum Gasteiger partial charge on any atom is 0.408 e. The van der Waals surface area contributed by atoms with Gasteiger partial charge in [0, 0.05) is 9.99 Å². The molecule has 0 heterocycles. The smallest absolute Gasteiger partial charge is 0.408 e. The van der Waals surface area contributed by atoms with Crippen molar-refractivity contribution < 1.29 is 23.8 Å². The minimum Gasteiger partial charge on any atom is -0.480 e. The summed E-state index contributed by atoms with van der Waals surface area (Å²) in [4.78, 5) is 22.8. The van der Waals surface area contributed by atoms with Crippen molar-refractivity contribution in [1.82, 2.24) is 5.32 Å². The lowest BCUT2D eigenvalue weighted by Gasteiger charge is -2.22. The second kappa shape index (κ2) is 7.06. The summed E-state index contributed by atoms with van der Waals surface area (Å²) >= 11 is 1.96. The highest BCUT2D eigenvalue weighted by Gasteiger charge is 2.25. The number of carboxylic acids is 1. The van der Waals surface area contributed by atoms with Crippen LogP contribution in [0.25, 0.3) is 0 Å². The van der Waals surface area contributed by atoms with Crippen molar-refractivity contribution in [3.05, 3.63) is 33.1 Å². The van der Waals surface area contributed by atoms with Crippen molar-refractivity contribution in [2.24, 2.45) is 0 Å². The van der Waals surface area contributed by atoms with Crippen LogP contribution in [0.5, 0.6) is 0 Å². The number of amides is 1. The Hall–Kier alpha value is -1.38. The van der Waals surface area contributed by atoms with Crippen molar-refractivity contribution in [2.45, 2.75) is 38.8 Å². The first-order chi connectivity index (χ1) is 9.58. The van der Waals surface area contributed by atoms with Crippen molar-refractivity contribution in [3.8, 4) is 0 Å². The van der Waals surface area contributed by atoms with E-state index >= 15 is 0 Å². The third kappa shape index (κ3) is 6.28. The Morgan fingerprint density at radius 1 is 1.43 bits per heavy atom. The molecule has 0 aromatic heterocycles. The van der Waals surface area contributed by atoms with Crippen LogP contribution >= 0.6 is 22.6 Å². The molecular formula is C14H17FINO4. The molecule has 2 N–H and O–H groups in total. The zero-order valence-corrected chi connectivity index (χ0v) is 14.1. The number of aliphatic carboxylic acids is 1. The monoisotopic (exact) mass is 409 g/mol. The molecule has 1 rings (SSSR count). The standard InChI is InChI=1S/C14H17FINO4/c1-14(2,3)21-13(20)17-11(12(18)19)6-8-4-5-9(16)7-10(8)15/h4-5,7,11H,6H2,1-3H3,(H,17,20)(H,18,19)/t11-/m0/s1. The van der Waals surface area contributed by atoms with Gasteiger partial charge in [-0.3, -0.25) is 0 Å². The average Bonchev–Trinajstić information content (AvgIpc) is 2.28. The third-order valence-electron chi connectivity index (χ3n) is 2.43. The molecule has 5 nitrogen and oxygen atoms in total. The molecule has 0 fully saturated rings. The molecule has 116 valence electrons. The van der Waals surface area contributed by atoms with Gasteiger partial charge in [-0.15, -0.1) is 0 Å². The van der Waals surface area contributed by atoms with E-state index < -0.39 is 29.5 Å². The highest BCUT2D eigenvalue weighted by atomic mass is 127. The Bertz CT molecular complexity index is 542. The maximum atomic E-state index is 13.7. The molecule has 0 aliphatic rings. The summed E-state index contributed by atoms with van der Waals surface area (Å²) in [5, 5.41) is 11.4. The highest BCUT2D eigenvalue weighted by molar-refractivity contribution is 14.1. The van der Waals surface area contributed by atoms with Crippen LogP contribution in [0.15, 0.2) is 18.2 Å². The fraction of sp³-hybridized carbons (Fsp3) is 0.429. The van der Waals surface area contributed by atoms with Crippen LogP contribution in [-0.2, 0) is 16.0 Å². The van der Waals surface area contributed by atoms with Crippen molar-refractivity contribution in [1.29, 1.82) is 0 Å². The van der Waals surface area contributed by atoms with Crippen molar-refractivity contribution in [2.75, 3.05) is 0 Å². The number of ether oxygens (including phenoxy) is 1. The summed E-state index contributed by atoms with van der Waals surface area (Å²) < 4.78 is 19.4. The number of benzene rings is 1. The van der Waals surface area contributed by atoms with Gasteiger partial charge in [0.1, 0.15) is 17.5 Å². The van der Waals surface area contributed by atoms with Crippen LogP contribution < -0.4 is 5.32 Å². The number of hydrogen-bond donors (Lipinski definition) is 2. The summed E-state index contributed by atoms with van der Waals surface area (Å²) in [6, 6.07) is 3.23. The molecule has 1 aromatic rings. The quantitative estimate of drug-likeness (QED) is 0.750. The first-order valence-corrected chi connectivity index (χ1v) is 7.32. The topological polar surface area (TPSA) is 75.6 Å². The third-order valence-corrected chi connectivity index (χ3v) is 3.10. The van der Waals surface area contributed by atoms with E-state index in [1.807, 2.05) is 22.6 Å². The summed E-state index contributed by atoms with van der Waals surface area (Å²) in [5.41, 5.74) is -0.514. The van der Waals surface area contributed by atoms with Crippen LogP contribution in [0, 0.1) is 9.39 Å². The molecule has 0 unspecified atom stereocenters. The minimum atomic E-state index is -1.26. The Kier molecular flexibility index (Phi) is 5.94. The second-order valence-corrected chi connectivity index (χ2v) is 6.72. The summed E-state index contributed by atoms with van der Waals surface area (Å²) in [5.74, 6) is -1.75. The Balaban J connectivity index is 2.79. The molecule has 0 spiro atoms. The lowest BCUT2D eigenvalue weighted by Crippen LogP contribution is -2.44. The van der Waals surface area contributed by atoms with E-state index in [9.17, 15) is 14.0 Å². The number of hydrogen-bond acceptors (Lipinski definition) is 3. The maximum absolute atomic E-state index is 13.7. The fourth-order valence-electron chi connectivity index (χ4n) is 1.56. The van der Waals surface area contributed by atoms with Crippen LogP contribution in [0.1, 0.15) is 26.3 Å². The van der Waals surface area contributed by atoms with Crippen LogP contribution in [0.2, 0.25) is 0 Å². The van der Waals surface area contributed by atoms with E-state index in [1.165, 1.54) is 12.1 Å².